The van der Waals surface area contributed by atoms with Gasteiger partial charge in [0, 0.05) is 18.2 Å². The van der Waals surface area contributed by atoms with Gasteiger partial charge in [0.1, 0.15) is 24.3 Å². The van der Waals surface area contributed by atoms with Crippen LogP contribution in [0.2, 0.25) is 0 Å². The second-order valence-electron chi connectivity index (χ2n) is 4.87. The number of quaternary nitrogens is 1. The molecule has 0 spiro atoms. The lowest BCUT2D eigenvalue weighted by molar-refractivity contribution is 0.418. The molecule has 1 unspecified atom stereocenters. The summed E-state index contributed by atoms with van der Waals surface area (Å²) >= 11 is 0. The first-order valence-electron chi connectivity index (χ1n) is 6.41. The van der Waals surface area contributed by atoms with Crippen LogP contribution in [0.25, 0.3) is 0 Å². The Labute approximate surface area is 106 Å². The number of allylic oxidation sites excluding steroid dienone is 1. The normalized spacial score (nSPS) is 26.2. The predicted octanol–water partition coefficient (Wildman–Crippen LogP) is 2.75. The lowest BCUT2D eigenvalue weighted by Crippen LogP contribution is -2.36. The Morgan fingerprint density at radius 2 is 2.06 bits per heavy atom. The molecule has 18 heavy (non-hydrogen) atoms. The van der Waals surface area contributed by atoms with E-state index in [2.05, 4.69) is 23.5 Å². The molecule has 1 fully saturated rings. The van der Waals surface area contributed by atoms with Gasteiger partial charge in [0.25, 0.3) is 0 Å². The molecule has 2 aliphatic rings. The van der Waals surface area contributed by atoms with Crippen LogP contribution < -0.4 is 9.91 Å². The second-order valence-corrected chi connectivity index (χ2v) is 4.87. The molecule has 3 nitrogen and oxygen atoms in total. The fourth-order valence-electron chi connectivity index (χ4n) is 2.20. The first-order chi connectivity index (χ1) is 8.72. The van der Waals surface area contributed by atoms with Crippen molar-refractivity contribution in [3.05, 3.63) is 42.0 Å². The number of hydrogen-bond acceptors (Lipinski definition) is 2. The number of nitrogens with zero attached hydrogens (tertiary/aromatic N) is 2. The average Bonchev–Trinajstić information content (AvgIpc) is 3.09. The van der Waals surface area contributed by atoms with Crippen LogP contribution in [0.15, 0.2) is 41.3 Å². The van der Waals surface area contributed by atoms with Gasteiger partial charge < -0.3 is 5.32 Å². The third kappa shape index (κ3) is 2.04. The summed E-state index contributed by atoms with van der Waals surface area (Å²) in [6.07, 6.45) is 6.47. The largest absolute Gasteiger partial charge is 0.377 e. The van der Waals surface area contributed by atoms with Crippen molar-refractivity contribution in [1.82, 2.24) is 9.91 Å². The minimum absolute atomic E-state index is 0.212. The Balaban J connectivity index is 1.89. The molecule has 1 aromatic rings. The summed E-state index contributed by atoms with van der Waals surface area (Å²) in [6.45, 7) is 2.90. The number of hydrogen-bond donors (Lipinski definition) is 1. The molecule has 1 saturated carbocycles. The van der Waals surface area contributed by atoms with Crippen molar-refractivity contribution >= 4 is 11.9 Å². The lowest BCUT2D eigenvalue weighted by Gasteiger charge is -2.23. The zero-order valence-corrected chi connectivity index (χ0v) is 10.4. The van der Waals surface area contributed by atoms with E-state index in [1.54, 1.807) is 12.1 Å². The summed E-state index contributed by atoms with van der Waals surface area (Å²) in [4.78, 5) is 0. The molecular weight excluding hydrogens is 229 g/mol. The van der Waals surface area contributed by atoms with Crippen molar-refractivity contribution in [2.75, 3.05) is 6.54 Å². The number of benzene rings is 1. The van der Waals surface area contributed by atoms with E-state index in [1.807, 2.05) is 6.21 Å². The summed E-state index contributed by atoms with van der Waals surface area (Å²) in [5.74, 6) is -0.212. The van der Waals surface area contributed by atoms with Crippen molar-refractivity contribution in [3.8, 4) is 0 Å². The highest BCUT2D eigenvalue weighted by Crippen LogP contribution is 2.29. The van der Waals surface area contributed by atoms with Crippen molar-refractivity contribution in [2.45, 2.75) is 25.8 Å². The summed E-state index contributed by atoms with van der Waals surface area (Å²) in [7, 11) is 0. The van der Waals surface area contributed by atoms with E-state index in [0.717, 1.165) is 17.9 Å². The molecule has 3 rings (SSSR count). The van der Waals surface area contributed by atoms with Crippen LogP contribution in [0, 0.1) is 5.82 Å². The van der Waals surface area contributed by atoms with Gasteiger partial charge in [-0.05, 0) is 31.9 Å². The molecule has 1 heterocycles. The van der Waals surface area contributed by atoms with Crippen molar-refractivity contribution in [1.29, 1.82) is 0 Å². The van der Waals surface area contributed by atoms with Gasteiger partial charge in [-0.3, -0.25) is 0 Å². The molecule has 4 heteroatoms. The zero-order chi connectivity index (χ0) is 12.6. The molecule has 94 valence electrons. The first-order valence-corrected chi connectivity index (χ1v) is 6.41. The van der Waals surface area contributed by atoms with Crippen LogP contribution in [0.1, 0.15) is 19.8 Å². The summed E-state index contributed by atoms with van der Waals surface area (Å²) in [6, 6.07) is 7.19. The van der Waals surface area contributed by atoms with Gasteiger partial charge in [0.2, 0.25) is 0 Å². The molecule has 1 aliphatic carbocycles. The van der Waals surface area contributed by atoms with E-state index < -0.39 is 0 Å². The molecular formula is C14H17FN3+. The molecule has 0 saturated heterocycles. The van der Waals surface area contributed by atoms with Gasteiger partial charge in [0.15, 0.2) is 11.9 Å². The highest BCUT2D eigenvalue weighted by atomic mass is 19.1. The highest BCUT2D eigenvalue weighted by Gasteiger charge is 2.33. The van der Waals surface area contributed by atoms with Crippen LogP contribution in [0.5, 0.6) is 0 Å². The van der Waals surface area contributed by atoms with Crippen LogP contribution in [-0.2, 0) is 0 Å². The van der Waals surface area contributed by atoms with Gasteiger partial charge in [-0.25, -0.2) is 4.39 Å². The third-order valence-corrected chi connectivity index (χ3v) is 3.46. The Bertz CT molecular complexity index is 502. The van der Waals surface area contributed by atoms with E-state index >= 15 is 0 Å². The maximum absolute atomic E-state index is 13.0. The fourth-order valence-corrected chi connectivity index (χ4v) is 2.20. The molecule has 1 atom stereocenters. The third-order valence-electron chi connectivity index (χ3n) is 3.46. The van der Waals surface area contributed by atoms with E-state index in [-0.39, 0.29) is 5.82 Å². The Hall–Kier alpha value is -1.68. The fraction of sp³-hybridized carbons (Fsp3) is 0.357. The minimum Gasteiger partial charge on any atom is -0.377 e. The van der Waals surface area contributed by atoms with E-state index in [1.165, 1.54) is 25.0 Å². The quantitative estimate of drug-likeness (QED) is 0.812. The molecule has 0 amide bonds. The molecule has 1 aliphatic heterocycles. The Morgan fingerprint density at radius 1 is 1.33 bits per heavy atom. The highest BCUT2D eigenvalue weighted by molar-refractivity contribution is 5.81. The number of rotatable bonds is 4. The predicted molar refractivity (Wildman–Crippen MR) is 71.5 cm³/mol. The first kappa shape index (κ1) is 11.4. The maximum Gasteiger partial charge on any atom is 0.164 e. The molecule has 0 aromatic heterocycles. The van der Waals surface area contributed by atoms with Gasteiger partial charge in [-0.1, -0.05) is 5.10 Å². The van der Waals surface area contributed by atoms with Gasteiger partial charge in [-0.2, -0.15) is 0 Å². The van der Waals surface area contributed by atoms with E-state index in [0.29, 0.717) is 10.6 Å². The van der Waals surface area contributed by atoms with Gasteiger partial charge >= 0.3 is 0 Å². The van der Waals surface area contributed by atoms with Crippen molar-refractivity contribution in [3.63, 3.8) is 0 Å². The summed E-state index contributed by atoms with van der Waals surface area (Å²) in [5, 5.41) is 8.03. The monoisotopic (exact) mass is 246 g/mol. The zero-order valence-electron chi connectivity index (χ0n) is 10.4. The van der Waals surface area contributed by atoms with Crippen LogP contribution in [-0.4, -0.2) is 18.8 Å². The standard InChI is InChI=1S/C14H17FN3/c1-2-18(14-7-3-11(15)4-8-14)10-13(9-16-18)17-12-5-6-12/h3-4,7-10,12,17H,2,5-6H2,1H3/q+1. The molecule has 1 N–H and O–H groups in total. The Kier molecular flexibility index (Phi) is 2.67. The topological polar surface area (TPSA) is 24.4 Å². The molecule has 1 aromatic carbocycles. The van der Waals surface area contributed by atoms with Crippen LogP contribution in [0.4, 0.5) is 10.1 Å². The average molecular weight is 246 g/mol. The number of nitrogens with one attached hydrogen (secondary N) is 1. The van der Waals surface area contributed by atoms with Crippen molar-refractivity contribution < 1.29 is 4.39 Å². The van der Waals surface area contributed by atoms with E-state index in [9.17, 15) is 4.39 Å². The number of halogens is 1. The maximum atomic E-state index is 13.0. The molecule has 0 radical (unpaired) electrons. The van der Waals surface area contributed by atoms with Gasteiger partial charge in [0.05, 0.1) is 0 Å². The van der Waals surface area contributed by atoms with Gasteiger partial charge in [-0.15, -0.1) is 4.59 Å². The Morgan fingerprint density at radius 3 is 2.67 bits per heavy atom. The summed E-state index contributed by atoms with van der Waals surface area (Å²) in [5.41, 5.74) is 2.06. The van der Waals surface area contributed by atoms with Crippen LogP contribution in [0.3, 0.4) is 0 Å². The summed E-state index contributed by atoms with van der Waals surface area (Å²) < 4.78 is 13.4. The van der Waals surface area contributed by atoms with E-state index in [4.69, 9.17) is 0 Å². The smallest absolute Gasteiger partial charge is 0.164 e. The lowest BCUT2D eigenvalue weighted by atomic mass is 10.2. The van der Waals surface area contributed by atoms with Crippen LogP contribution >= 0.6 is 0 Å². The minimum atomic E-state index is -0.212. The molecule has 0 bridgehead atoms. The van der Waals surface area contributed by atoms with Crippen molar-refractivity contribution in [2.24, 2.45) is 5.10 Å². The second kappa shape index (κ2) is 4.21. The SMILES string of the molecule is CC[N+]1(c2ccc(F)cc2)C=C(NC2CC2)C=N1.